The molecule has 0 radical (unpaired) electrons. The highest BCUT2D eigenvalue weighted by Gasteiger charge is 2.20. The molecule has 1 aromatic carbocycles. The number of para-hydroxylation sites is 1. The summed E-state index contributed by atoms with van der Waals surface area (Å²) in [6.07, 6.45) is 0. The van der Waals surface area contributed by atoms with E-state index in [9.17, 15) is 0 Å². The second kappa shape index (κ2) is 11.4. The van der Waals surface area contributed by atoms with E-state index in [-0.39, 0.29) is 24.0 Å². The third-order valence-corrected chi connectivity index (χ3v) is 5.39. The average molecular weight is 512 g/mol. The largest absolute Gasteiger partial charge is 0.492 e. The van der Waals surface area contributed by atoms with Gasteiger partial charge in [-0.1, -0.05) is 18.2 Å². The van der Waals surface area contributed by atoms with Crippen LogP contribution in [0.3, 0.4) is 0 Å². The highest BCUT2D eigenvalue weighted by molar-refractivity contribution is 14.0. The maximum absolute atomic E-state index is 5.82. The fourth-order valence-electron chi connectivity index (χ4n) is 3.57. The molecule has 0 saturated carbocycles. The molecule has 1 aliphatic heterocycles. The summed E-state index contributed by atoms with van der Waals surface area (Å²) in [4.78, 5) is 9.26. The lowest BCUT2D eigenvalue weighted by Gasteiger charge is -2.36. The second-order valence-electron chi connectivity index (χ2n) is 7.16. The van der Waals surface area contributed by atoms with Crippen LogP contribution in [-0.4, -0.2) is 71.9 Å². The SMILES string of the molecule is CN=C(NCc1c(C)nn(C)c1C)N1CCN(CCOc2ccccc2)CC1.I. The molecule has 1 aliphatic rings. The Labute approximate surface area is 191 Å². The number of halogens is 1. The third kappa shape index (κ3) is 6.33. The van der Waals surface area contributed by atoms with Gasteiger partial charge in [0.05, 0.1) is 5.69 Å². The van der Waals surface area contributed by atoms with Crippen molar-refractivity contribution in [3.63, 3.8) is 0 Å². The molecule has 7 nitrogen and oxygen atoms in total. The highest BCUT2D eigenvalue weighted by atomic mass is 127. The predicted octanol–water partition coefficient (Wildman–Crippen LogP) is 2.43. The number of nitrogens with one attached hydrogen (secondary N) is 1. The lowest BCUT2D eigenvalue weighted by molar-refractivity contribution is 0.152. The zero-order valence-corrected chi connectivity index (χ0v) is 20.2. The van der Waals surface area contributed by atoms with Gasteiger partial charge in [-0.15, -0.1) is 24.0 Å². The molecule has 2 heterocycles. The van der Waals surface area contributed by atoms with Gasteiger partial charge in [0.2, 0.25) is 0 Å². The van der Waals surface area contributed by atoms with Gasteiger partial charge in [-0.05, 0) is 26.0 Å². The van der Waals surface area contributed by atoms with Crippen LogP contribution in [0, 0.1) is 13.8 Å². The zero-order chi connectivity index (χ0) is 19.9. The van der Waals surface area contributed by atoms with Crippen LogP contribution in [0.15, 0.2) is 35.3 Å². The minimum absolute atomic E-state index is 0. The van der Waals surface area contributed by atoms with Crippen LogP contribution < -0.4 is 10.1 Å². The average Bonchev–Trinajstić information content (AvgIpc) is 2.96. The molecule has 1 fully saturated rings. The van der Waals surface area contributed by atoms with Gasteiger partial charge in [0.1, 0.15) is 12.4 Å². The van der Waals surface area contributed by atoms with E-state index in [1.165, 1.54) is 11.3 Å². The van der Waals surface area contributed by atoms with E-state index < -0.39 is 0 Å². The monoisotopic (exact) mass is 512 g/mol. The summed E-state index contributed by atoms with van der Waals surface area (Å²) in [5.41, 5.74) is 3.52. The van der Waals surface area contributed by atoms with Crippen molar-refractivity contribution in [2.75, 3.05) is 46.4 Å². The van der Waals surface area contributed by atoms with E-state index in [0.29, 0.717) is 0 Å². The van der Waals surface area contributed by atoms with Gasteiger partial charge in [0, 0.05) is 64.6 Å². The lowest BCUT2D eigenvalue weighted by Crippen LogP contribution is -2.52. The number of guanidine groups is 1. The fraction of sp³-hybridized carbons (Fsp3) is 0.524. The summed E-state index contributed by atoms with van der Waals surface area (Å²) >= 11 is 0. The number of piperazine rings is 1. The lowest BCUT2D eigenvalue weighted by atomic mass is 10.2. The minimum atomic E-state index is 0. The third-order valence-electron chi connectivity index (χ3n) is 5.39. The number of hydrogen-bond donors (Lipinski definition) is 1. The van der Waals surface area contributed by atoms with Crippen LogP contribution >= 0.6 is 24.0 Å². The first kappa shape index (κ1) is 23.5. The molecule has 8 heteroatoms. The summed E-state index contributed by atoms with van der Waals surface area (Å²) < 4.78 is 7.75. The number of aliphatic imine (C=N–C) groups is 1. The van der Waals surface area contributed by atoms with Crippen molar-refractivity contribution in [2.45, 2.75) is 20.4 Å². The van der Waals surface area contributed by atoms with Crippen molar-refractivity contribution in [1.29, 1.82) is 0 Å². The van der Waals surface area contributed by atoms with E-state index >= 15 is 0 Å². The van der Waals surface area contributed by atoms with Crippen molar-refractivity contribution in [2.24, 2.45) is 12.0 Å². The van der Waals surface area contributed by atoms with Gasteiger partial charge in [0.25, 0.3) is 0 Å². The molecule has 0 bridgehead atoms. The molecule has 29 heavy (non-hydrogen) atoms. The molecule has 0 spiro atoms. The van der Waals surface area contributed by atoms with Gasteiger partial charge in [-0.2, -0.15) is 5.10 Å². The van der Waals surface area contributed by atoms with Crippen molar-refractivity contribution in [3.8, 4) is 5.75 Å². The quantitative estimate of drug-likeness (QED) is 0.366. The predicted molar refractivity (Wildman–Crippen MR) is 128 cm³/mol. The molecule has 0 atom stereocenters. The van der Waals surface area contributed by atoms with Crippen molar-refractivity contribution in [1.82, 2.24) is 24.9 Å². The van der Waals surface area contributed by atoms with Crippen LogP contribution in [0.5, 0.6) is 5.75 Å². The van der Waals surface area contributed by atoms with Gasteiger partial charge in [-0.25, -0.2) is 0 Å². The molecule has 160 valence electrons. The van der Waals surface area contributed by atoms with Crippen LogP contribution in [0.4, 0.5) is 0 Å². The molecule has 0 aliphatic carbocycles. The number of rotatable bonds is 6. The number of benzene rings is 1. The summed E-state index contributed by atoms with van der Waals surface area (Å²) in [7, 11) is 3.84. The first-order valence-corrected chi connectivity index (χ1v) is 9.93. The summed E-state index contributed by atoms with van der Waals surface area (Å²) in [6, 6.07) is 10.0. The second-order valence-corrected chi connectivity index (χ2v) is 7.16. The van der Waals surface area contributed by atoms with Crippen LogP contribution in [-0.2, 0) is 13.6 Å². The normalized spacial score (nSPS) is 15.2. The molecule has 0 unspecified atom stereocenters. The standard InChI is InChI=1S/C21H32N6O.HI/c1-17-20(18(2)25(4)24-17)16-23-21(22-3)27-12-10-26(11-13-27)14-15-28-19-8-6-5-7-9-19;/h5-9H,10-16H2,1-4H3,(H,22,23);1H. The van der Waals surface area contributed by atoms with Crippen LogP contribution in [0.25, 0.3) is 0 Å². The van der Waals surface area contributed by atoms with Crippen molar-refractivity contribution < 1.29 is 4.74 Å². The smallest absolute Gasteiger partial charge is 0.194 e. The van der Waals surface area contributed by atoms with E-state index in [1.807, 2.05) is 49.1 Å². The van der Waals surface area contributed by atoms with Crippen LogP contribution in [0.1, 0.15) is 17.0 Å². The van der Waals surface area contributed by atoms with Gasteiger partial charge in [-0.3, -0.25) is 14.6 Å². The van der Waals surface area contributed by atoms with E-state index in [4.69, 9.17) is 4.74 Å². The number of nitrogens with zero attached hydrogens (tertiary/aromatic N) is 5. The Kier molecular flexibility index (Phi) is 9.22. The molecule has 1 aromatic heterocycles. The molecule has 0 amide bonds. The molecular weight excluding hydrogens is 479 g/mol. The minimum Gasteiger partial charge on any atom is -0.492 e. The van der Waals surface area contributed by atoms with Crippen LogP contribution in [0.2, 0.25) is 0 Å². The van der Waals surface area contributed by atoms with Crippen molar-refractivity contribution in [3.05, 3.63) is 47.3 Å². The number of aryl methyl sites for hydroxylation is 2. The molecule has 1 saturated heterocycles. The Morgan fingerprint density at radius 1 is 1.14 bits per heavy atom. The Bertz CT molecular complexity index is 784. The zero-order valence-electron chi connectivity index (χ0n) is 17.9. The summed E-state index contributed by atoms with van der Waals surface area (Å²) in [5, 5.41) is 8.00. The Balaban J connectivity index is 0.00000300. The van der Waals surface area contributed by atoms with Gasteiger partial charge < -0.3 is 15.0 Å². The Morgan fingerprint density at radius 2 is 1.83 bits per heavy atom. The highest BCUT2D eigenvalue weighted by Crippen LogP contribution is 2.12. The summed E-state index contributed by atoms with van der Waals surface area (Å²) in [6.45, 7) is 10.6. The number of ether oxygens (including phenoxy) is 1. The maximum Gasteiger partial charge on any atom is 0.194 e. The Morgan fingerprint density at radius 3 is 2.41 bits per heavy atom. The molecule has 1 N–H and O–H groups in total. The fourth-order valence-corrected chi connectivity index (χ4v) is 3.57. The van der Waals surface area contributed by atoms with E-state index in [2.05, 4.69) is 39.1 Å². The number of aromatic nitrogens is 2. The number of hydrogen-bond acceptors (Lipinski definition) is 4. The topological polar surface area (TPSA) is 57.9 Å². The molecular formula is C21H33IN6O. The van der Waals surface area contributed by atoms with Gasteiger partial charge >= 0.3 is 0 Å². The van der Waals surface area contributed by atoms with Crippen molar-refractivity contribution >= 4 is 29.9 Å². The first-order valence-electron chi connectivity index (χ1n) is 9.93. The Hall–Kier alpha value is -1.81. The van der Waals surface area contributed by atoms with E-state index in [0.717, 1.165) is 63.3 Å². The maximum atomic E-state index is 5.82. The van der Waals surface area contributed by atoms with E-state index in [1.54, 1.807) is 0 Å². The molecule has 3 rings (SSSR count). The molecule has 2 aromatic rings. The van der Waals surface area contributed by atoms with Gasteiger partial charge in [0.15, 0.2) is 5.96 Å². The first-order chi connectivity index (χ1) is 13.6. The summed E-state index contributed by atoms with van der Waals surface area (Å²) in [5.74, 6) is 1.90.